The average Bonchev–Trinajstić information content (AvgIpc) is 3.18. The predicted molar refractivity (Wildman–Crippen MR) is 82.5 cm³/mol. The lowest BCUT2D eigenvalue weighted by atomic mass is 10.2. The first-order valence-corrected chi connectivity index (χ1v) is 7.39. The summed E-state index contributed by atoms with van der Waals surface area (Å²) in [5.41, 5.74) is 0.778. The minimum absolute atomic E-state index is 0.187. The largest absolute Gasteiger partial charge is 0.460 e. The number of esters is 2. The molecule has 1 amide bonds. The standard InChI is InChI=1S/C17H15NO6/c1-10-9-14(17(21)23-10)24-16(20)11-4-6-12(7-5-11)18-15(19)13-3-2-8-22-13/h2-8,10,14H,9H2,1H3,(H,18,19). The van der Waals surface area contributed by atoms with Crippen molar-refractivity contribution in [1.29, 1.82) is 0 Å². The maximum Gasteiger partial charge on any atom is 0.347 e. The summed E-state index contributed by atoms with van der Waals surface area (Å²) in [6.45, 7) is 1.74. The highest BCUT2D eigenvalue weighted by molar-refractivity contribution is 6.02. The second-order valence-electron chi connectivity index (χ2n) is 5.39. The van der Waals surface area contributed by atoms with Crippen molar-refractivity contribution >= 4 is 23.5 Å². The number of nitrogens with one attached hydrogen (secondary N) is 1. The molecule has 7 heteroatoms. The van der Waals surface area contributed by atoms with Crippen LogP contribution >= 0.6 is 0 Å². The summed E-state index contributed by atoms with van der Waals surface area (Å²) in [6.07, 6.45) is 0.630. The van der Waals surface area contributed by atoms with Crippen LogP contribution in [0.1, 0.15) is 34.3 Å². The molecule has 1 aromatic carbocycles. The number of benzene rings is 1. The maximum absolute atomic E-state index is 12.0. The third-order valence-corrected chi connectivity index (χ3v) is 3.50. The van der Waals surface area contributed by atoms with Gasteiger partial charge in [0.2, 0.25) is 6.10 Å². The fraction of sp³-hybridized carbons (Fsp3) is 0.235. The van der Waals surface area contributed by atoms with Crippen molar-refractivity contribution in [3.63, 3.8) is 0 Å². The van der Waals surface area contributed by atoms with E-state index in [-0.39, 0.29) is 17.4 Å². The van der Waals surface area contributed by atoms with Crippen molar-refractivity contribution in [2.45, 2.75) is 25.6 Å². The maximum atomic E-state index is 12.0. The van der Waals surface area contributed by atoms with Crippen LogP contribution in [0.2, 0.25) is 0 Å². The molecule has 2 heterocycles. The van der Waals surface area contributed by atoms with Gasteiger partial charge in [0.25, 0.3) is 5.91 Å². The number of cyclic esters (lactones) is 1. The summed E-state index contributed by atoms with van der Waals surface area (Å²) in [4.78, 5) is 35.4. The number of furan rings is 1. The lowest BCUT2D eigenvalue weighted by molar-refractivity contribution is -0.147. The molecule has 0 aliphatic carbocycles. The smallest absolute Gasteiger partial charge is 0.347 e. The molecule has 0 radical (unpaired) electrons. The summed E-state index contributed by atoms with van der Waals surface area (Å²) in [5.74, 6) is -1.35. The number of anilines is 1. The fourth-order valence-electron chi connectivity index (χ4n) is 2.30. The molecule has 1 N–H and O–H groups in total. The Morgan fingerprint density at radius 3 is 2.54 bits per heavy atom. The lowest BCUT2D eigenvalue weighted by Gasteiger charge is -2.09. The molecule has 1 aromatic heterocycles. The van der Waals surface area contributed by atoms with E-state index in [1.807, 2.05) is 0 Å². The highest BCUT2D eigenvalue weighted by Gasteiger charge is 2.35. The quantitative estimate of drug-likeness (QED) is 0.866. The van der Waals surface area contributed by atoms with E-state index in [0.717, 1.165) is 0 Å². The first kappa shape index (κ1) is 15.8. The van der Waals surface area contributed by atoms with Gasteiger partial charge in [0.1, 0.15) is 6.10 Å². The Bertz CT molecular complexity index is 750. The van der Waals surface area contributed by atoms with Crippen LogP contribution in [0.4, 0.5) is 5.69 Å². The SMILES string of the molecule is CC1CC(OC(=O)c2ccc(NC(=O)c3ccco3)cc2)C(=O)O1. The Kier molecular flexibility index (Phi) is 4.33. The number of carbonyl (C=O) groups is 3. The third kappa shape index (κ3) is 3.45. The van der Waals surface area contributed by atoms with Gasteiger partial charge in [0, 0.05) is 12.1 Å². The summed E-state index contributed by atoms with van der Waals surface area (Å²) >= 11 is 0. The molecular weight excluding hydrogens is 314 g/mol. The number of amides is 1. The summed E-state index contributed by atoms with van der Waals surface area (Å²) < 4.78 is 15.1. The Morgan fingerprint density at radius 2 is 1.96 bits per heavy atom. The molecule has 2 aromatic rings. The second-order valence-corrected chi connectivity index (χ2v) is 5.39. The molecule has 0 saturated carbocycles. The van der Waals surface area contributed by atoms with Gasteiger partial charge >= 0.3 is 11.9 Å². The van der Waals surface area contributed by atoms with Crippen LogP contribution in [-0.2, 0) is 14.3 Å². The number of carbonyl (C=O) groups excluding carboxylic acids is 3. The van der Waals surface area contributed by atoms with Gasteiger partial charge in [0.15, 0.2) is 5.76 Å². The molecule has 1 fully saturated rings. The highest BCUT2D eigenvalue weighted by Crippen LogP contribution is 2.19. The second kappa shape index (κ2) is 6.57. The van der Waals surface area contributed by atoms with Gasteiger partial charge in [-0.05, 0) is 43.3 Å². The summed E-state index contributed by atoms with van der Waals surface area (Å²) in [6, 6.07) is 9.29. The first-order chi connectivity index (χ1) is 11.5. The minimum atomic E-state index is -0.870. The van der Waals surface area contributed by atoms with E-state index in [4.69, 9.17) is 13.9 Å². The molecule has 0 spiro atoms. The minimum Gasteiger partial charge on any atom is -0.460 e. The monoisotopic (exact) mass is 329 g/mol. The van der Waals surface area contributed by atoms with Crippen LogP contribution in [-0.4, -0.2) is 30.1 Å². The molecule has 3 rings (SSSR count). The number of rotatable bonds is 4. The molecule has 124 valence electrons. The van der Waals surface area contributed by atoms with E-state index in [1.54, 1.807) is 31.2 Å². The van der Waals surface area contributed by atoms with Crippen LogP contribution in [0, 0.1) is 0 Å². The normalized spacial score (nSPS) is 19.6. The Labute approximate surface area is 137 Å². The summed E-state index contributed by atoms with van der Waals surface area (Å²) in [5, 5.41) is 2.64. The highest BCUT2D eigenvalue weighted by atomic mass is 16.6. The van der Waals surface area contributed by atoms with Gasteiger partial charge in [-0.15, -0.1) is 0 Å². The van der Waals surface area contributed by atoms with Crippen LogP contribution in [0.25, 0.3) is 0 Å². The van der Waals surface area contributed by atoms with Crippen LogP contribution < -0.4 is 5.32 Å². The van der Waals surface area contributed by atoms with E-state index in [0.29, 0.717) is 12.1 Å². The van der Waals surface area contributed by atoms with Gasteiger partial charge in [-0.3, -0.25) is 4.79 Å². The van der Waals surface area contributed by atoms with E-state index in [9.17, 15) is 14.4 Å². The molecule has 1 aliphatic rings. The van der Waals surface area contributed by atoms with Gasteiger partial charge in [-0.1, -0.05) is 0 Å². The molecule has 1 saturated heterocycles. The van der Waals surface area contributed by atoms with Crippen LogP contribution in [0.3, 0.4) is 0 Å². The van der Waals surface area contributed by atoms with Crippen LogP contribution in [0.5, 0.6) is 0 Å². The zero-order valence-electron chi connectivity index (χ0n) is 12.9. The molecule has 0 bridgehead atoms. The predicted octanol–water partition coefficient (Wildman–Crippen LogP) is 2.39. The number of ether oxygens (including phenoxy) is 2. The molecule has 2 atom stereocenters. The Hall–Kier alpha value is -3.09. The molecule has 2 unspecified atom stereocenters. The van der Waals surface area contributed by atoms with Crippen molar-refractivity contribution < 1.29 is 28.3 Å². The topological polar surface area (TPSA) is 94.8 Å². The Morgan fingerprint density at radius 1 is 1.21 bits per heavy atom. The molecule has 1 aliphatic heterocycles. The van der Waals surface area contributed by atoms with E-state index < -0.39 is 23.9 Å². The fourth-order valence-corrected chi connectivity index (χ4v) is 2.30. The van der Waals surface area contributed by atoms with Crippen molar-refractivity contribution in [1.82, 2.24) is 0 Å². The van der Waals surface area contributed by atoms with Gasteiger partial charge in [0.05, 0.1) is 11.8 Å². The van der Waals surface area contributed by atoms with Crippen molar-refractivity contribution in [3.05, 3.63) is 54.0 Å². The van der Waals surface area contributed by atoms with Gasteiger partial charge in [-0.25, -0.2) is 9.59 Å². The van der Waals surface area contributed by atoms with Crippen molar-refractivity contribution in [3.8, 4) is 0 Å². The van der Waals surface area contributed by atoms with E-state index >= 15 is 0 Å². The Balaban J connectivity index is 1.60. The van der Waals surface area contributed by atoms with E-state index in [2.05, 4.69) is 5.32 Å². The average molecular weight is 329 g/mol. The summed E-state index contributed by atoms with van der Waals surface area (Å²) in [7, 11) is 0. The van der Waals surface area contributed by atoms with Gasteiger partial charge < -0.3 is 19.2 Å². The van der Waals surface area contributed by atoms with Crippen molar-refractivity contribution in [2.24, 2.45) is 0 Å². The lowest BCUT2D eigenvalue weighted by Crippen LogP contribution is -2.22. The third-order valence-electron chi connectivity index (χ3n) is 3.50. The number of hydrogen-bond donors (Lipinski definition) is 1. The molecular formula is C17H15NO6. The first-order valence-electron chi connectivity index (χ1n) is 7.39. The van der Waals surface area contributed by atoms with E-state index in [1.165, 1.54) is 18.4 Å². The van der Waals surface area contributed by atoms with Crippen LogP contribution in [0.15, 0.2) is 47.1 Å². The zero-order chi connectivity index (χ0) is 17.1. The van der Waals surface area contributed by atoms with Crippen molar-refractivity contribution in [2.75, 3.05) is 5.32 Å². The van der Waals surface area contributed by atoms with Gasteiger partial charge in [-0.2, -0.15) is 0 Å². The number of hydrogen-bond acceptors (Lipinski definition) is 6. The molecule has 24 heavy (non-hydrogen) atoms. The zero-order valence-corrected chi connectivity index (χ0v) is 12.9. The molecule has 7 nitrogen and oxygen atoms in total.